The lowest BCUT2D eigenvalue weighted by molar-refractivity contribution is -0.135. The van der Waals surface area contributed by atoms with Crippen LogP contribution in [0.4, 0.5) is 0 Å². The van der Waals surface area contributed by atoms with Crippen molar-refractivity contribution in [1.29, 1.82) is 0 Å². The molecule has 0 aromatic carbocycles. The molecule has 2 aliphatic heterocycles. The third kappa shape index (κ3) is 1.11. The van der Waals surface area contributed by atoms with Crippen molar-refractivity contribution in [3.63, 3.8) is 0 Å². The molecular weight excluding hydrogens is 144 g/mol. The second-order valence-electron chi connectivity index (χ2n) is 2.74. The first kappa shape index (κ1) is 6.70. The van der Waals surface area contributed by atoms with Gasteiger partial charge in [0.2, 0.25) is 0 Å². The van der Waals surface area contributed by atoms with Gasteiger partial charge in [-0.1, -0.05) is 0 Å². The maximum absolute atomic E-state index is 11.0. The summed E-state index contributed by atoms with van der Waals surface area (Å²) in [5, 5.41) is 0. The largest absolute Gasteiger partial charge is 0.497 e. The molecule has 2 aliphatic rings. The molecule has 2 saturated heterocycles. The van der Waals surface area contributed by atoms with Gasteiger partial charge in [-0.3, -0.25) is 0 Å². The molecule has 0 amide bonds. The van der Waals surface area contributed by atoms with Gasteiger partial charge in [0.1, 0.15) is 5.76 Å². The van der Waals surface area contributed by atoms with Crippen LogP contribution < -0.4 is 0 Å². The number of rotatable bonds is 0. The molecule has 0 saturated carbocycles. The lowest BCUT2D eigenvalue weighted by Gasteiger charge is -1.98. The topological polar surface area (TPSA) is 35.5 Å². The number of cyclic esters (lactones) is 1. The first-order chi connectivity index (χ1) is 5.38. The number of allylic oxidation sites excluding steroid dienone is 1. The predicted molar refractivity (Wildman–Crippen MR) is 37.8 cm³/mol. The Hall–Kier alpha value is -0.990. The molecule has 0 N–H and O–H groups in total. The average molecular weight is 154 g/mol. The Labute approximate surface area is 65.0 Å². The number of carbonyl (C=O) groups excluding carboxylic acids is 1. The van der Waals surface area contributed by atoms with Crippen LogP contribution in [0.3, 0.4) is 0 Å². The van der Waals surface area contributed by atoms with Crippen LogP contribution in [0.1, 0.15) is 19.3 Å². The zero-order valence-corrected chi connectivity index (χ0v) is 6.26. The van der Waals surface area contributed by atoms with E-state index >= 15 is 0 Å². The molecule has 60 valence electrons. The fourth-order valence-electron chi connectivity index (χ4n) is 1.43. The quantitative estimate of drug-likeness (QED) is 0.385. The predicted octanol–water partition coefficient (Wildman–Crippen LogP) is 0.998. The second-order valence-corrected chi connectivity index (χ2v) is 2.74. The first-order valence-corrected chi connectivity index (χ1v) is 3.90. The molecule has 11 heavy (non-hydrogen) atoms. The van der Waals surface area contributed by atoms with Gasteiger partial charge < -0.3 is 9.47 Å². The highest BCUT2D eigenvalue weighted by Gasteiger charge is 2.25. The van der Waals surface area contributed by atoms with Crippen molar-refractivity contribution in [2.45, 2.75) is 19.3 Å². The van der Waals surface area contributed by atoms with Gasteiger partial charge in [0.15, 0.2) is 0 Å². The smallest absolute Gasteiger partial charge is 0.337 e. The third-order valence-corrected chi connectivity index (χ3v) is 1.99. The van der Waals surface area contributed by atoms with Crippen LogP contribution in [-0.2, 0) is 14.3 Å². The fraction of sp³-hybridized carbons (Fsp3) is 0.625. The third-order valence-electron chi connectivity index (χ3n) is 1.99. The molecule has 2 heterocycles. The summed E-state index contributed by atoms with van der Waals surface area (Å²) in [6.07, 6.45) is 2.67. The minimum Gasteiger partial charge on any atom is -0.497 e. The van der Waals surface area contributed by atoms with Crippen molar-refractivity contribution < 1.29 is 14.3 Å². The fourth-order valence-corrected chi connectivity index (χ4v) is 1.43. The Morgan fingerprint density at radius 3 is 2.55 bits per heavy atom. The molecule has 0 atom stereocenters. The van der Waals surface area contributed by atoms with Crippen molar-refractivity contribution in [3.8, 4) is 0 Å². The minimum atomic E-state index is -0.179. The number of hydrogen-bond acceptors (Lipinski definition) is 3. The SMILES string of the molecule is O=C1OCC/C1=C1/CCCO1. The summed E-state index contributed by atoms with van der Waals surface area (Å²) in [5.41, 5.74) is 0.766. The summed E-state index contributed by atoms with van der Waals surface area (Å²) in [6.45, 7) is 1.28. The molecule has 0 spiro atoms. The molecule has 3 nitrogen and oxygen atoms in total. The number of hydrogen-bond donors (Lipinski definition) is 0. The van der Waals surface area contributed by atoms with E-state index in [1.165, 1.54) is 0 Å². The first-order valence-electron chi connectivity index (χ1n) is 3.90. The van der Waals surface area contributed by atoms with Crippen molar-refractivity contribution in [1.82, 2.24) is 0 Å². The van der Waals surface area contributed by atoms with Crippen LogP contribution in [0.15, 0.2) is 11.3 Å². The maximum Gasteiger partial charge on any atom is 0.337 e. The highest BCUT2D eigenvalue weighted by atomic mass is 16.5. The lowest BCUT2D eigenvalue weighted by Crippen LogP contribution is -1.98. The molecule has 0 unspecified atom stereocenters. The Kier molecular flexibility index (Phi) is 1.56. The van der Waals surface area contributed by atoms with E-state index in [2.05, 4.69) is 0 Å². The van der Waals surface area contributed by atoms with Gasteiger partial charge in [-0.2, -0.15) is 0 Å². The number of ether oxygens (including phenoxy) is 2. The molecule has 0 aliphatic carbocycles. The van der Waals surface area contributed by atoms with E-state index < -0.39 is 0 Å². The van der Waals surface area contributed by atoms with Gasteiger partial charge >= 0.3 is 5.97 Å². The van der Waals surface area contributed by atoms with Gasteiger partial charge in [-0.05, 0) is 6.42 Å². The molecule has 0 aromatic heterocycles. The van der Waals surface area contributed by atoms with Crippen molar-refractivity contribution in [2.75, 3.05) is 13.2 Å². The van der Waals surface area contributed by atoms with E-state index in [1.54, 1.807) is 0 Å². The molecule has 3 heteroatoms. The number of carbonyl (C=O) groups is 1. The van der Waals surface area contributed by atoms with E-state index in [-0.39, 0.29) is 5.97 Å². The zero-order chi connectivity index (χ0) is 7.68. The van der Waals surface area contributed by atoms with Crippen LogP contribution in [0, 0.1) is 0 Å². The van der Waals surface area contributed by atoms with Crippen molar-refractivity contribution in [2.24, 2.45) is 0 Å². The monoisotopic (exact) mass is 154 g/mol. The zero-order valence-electron chi connectivity index (χ0n) is 6.26. The molecule has 0 radical (unpaired) electrons. The molecule has 2 fully saturated rings. The summed E-state index contributed by atoms with van der Waals surface area (Å²) >= 11 is 0. The van der Waals surface area contributed by atoms with Gasteiger partial charge in [0.05, 0.1) is 18.8 Å². The summed E-state index contributed by atoms with van der Waals surface area (Å²) in [5.74, 6) is 0.689. The Bertz CT molecular complexity index is 209. The van der Waals surface area contributed by atoms with Crippen LogP contribution in [0.5, 0.6) is 0 Å². The molecule has 2 rings (SSSR count). The normalized spacial score (nSPS) is 30.4. The summed E-state index contributed by atoms with van der Waals surface area (Å²) in [4.78, 5) is 11.0. The van der Waals surface area contributed by atoms with Gasteiger partial charge in [-0.25, -0.2) is 4.79 Å². The maximum atomic E-state index is 11.0. The highest BCUT2D eigenvalue weighted by molar-refractivity contribution is 5.90. The minimum absolute atomic E-state index is 0.179. The molecule has 0 bridgehead atoms. The van der Waals surface area contributed by atoms with Crippen LogP contribution in [-0.4, -0.2) is 19.2 Å². The van der Waals surface area contributed by atoms with Crippen LogP contribution >= 0.6 is 0 Å². The standard InChI is InChI=1S/C8H10O3/c9-8-6(3-5-11-8)7-2-1-4-10-7/h1-5H2/b7-6+. The van der Waals surface area contributed by atoms with E-state index in [0.29, 0.717) is 6.61 Å². The lowest BCUT2D eigenvalue weighted by atomic mass is 10.1. The second kappa shape index (κ2) is 2.57. The Morgan fingerprint density at radius 1 is 1.09 bits per heavy atom. The molecule has 0 aromatic rings. The van der Waals surface area contributed by atoms with Gasteiger partial charge in [-0.15, -0.1) is 0 Å². The van der Waals surface area contributed by atoms with Crippen molar-refractivity contribution >= 4 is 5.97 Å². The highest BCUT2D eigenvalue weighted by Crippen LogP contribution is 2.25. The summed E-state index contributed by atoms with van der Waals surface area (Å²) < 4.78 is 10.1. The van der Waals surface area contributed by atoms with Gasteiger partial charge in [0.25, 0.3) is 0 Å². The Morgan fingerprint density at radius 2 is 2.00 bits per heavy atom. The Balaban J connectivity index is 2.23. The van der Waals surface area contributed by atoms with E-state index in [0.717, 1.165) is 37.2 Å². The van der Waals surface area contributed by atoms with E-state index in [9.17, 15) is 4.79 Å². The van der Waals surface area contributed by atoms with E-state index in [1.807, 2.05) is 0 Å². The van der Waals surface area contributed by atoms with Crippen LogP contribution in [0.25, 0.3) is 0 Å². The van der Waals surface area contributed by atoms with Gasteiger partial charge in [0, 0.05) is 12.8 Å². The van der Waals surface area contributed by atoms with Crippen molar-refractivity contribution in [3.05, 3.63) is 11.3 Å². The van der Waals surface area contributed by atoms with E-state index in [4.69, 9.17) is 9.47 Å². The van der Waals surface area contributed by atoms with Crippen LogP contribution in [0.2, 0.25) is 0 Å². The number of esters is 1. The summed E-state index contributed by atoms with van der Waals surface area (Å²) in [6, 6.07) is 0. The average Bonchev–Trinajstić information content (AvgIpc) is 2.55. The molecular formula is C8H10O3. The summed E-state index contributed by atoms with van der Waals surface area (Å²) in [7, 11) is 0.